The van der Waals surface area contributed by atoms with Crippen molar-refractivity contribution in [2.75, 3.05) is 11.9 Å². The average molecular weight is 581 g/mol. The molecule has 4 rings (SSSR count). The van der Waals surface area contributed by atoms with Gasteiger partial charge in [0.2, 0.25) is 0 Å². The molecule has 4 aromatic rings. The Morgan fingerprint density at radius 3 is 2.22 bits per heavy atom. The van der Waals surface area contributed by atoms with Crippen molar-refractivity contribution in [1.29, 1.82) is 0 Å². The van der Waals surface area contributed by atoms with Crippen LogP contribution in [0.1, 0.15) is 33.9 Å². The van der Waals surface area contributed by atoms with Gasteiger partial charge in [0.25, 0.3) is 11.6 Å². The second kappa shape index (κ2) is 11.8. The summed E-state index contributed by atoms with van der Waals surface area (Å²) in [6, 6.07) is 20.9. The van der Waals surface area contributed by atoms with Gasteiger partial charge in [0.05, 0.1) is 23.1 Å². The molecule has 11 heteroatoms. The van der Waals surface area contributed by atoms with Gasteiger partial charge in [-0.25, -0.2) is 4.98 Å². The Bertz CT molecular complexity index is 1410. The van der Waals surface area contributed by atoms with E-state index in [-0.39, 0.29) is 30.6 Å². The number of aromatic nitrogens is 1. The number of nitrogens with one attached hydrogen (secondary N) is 2. The maximum atomic E-state index is 12.3. The molecule has 0 aliphatic heterocycles. The number of thiazole rings is 1. The number of carbonyl (C=O) groups excluding carboxylic acids is 1. The van der Waals surface area contributed by atoms with Crippen LogP contribution in [0.5, 0.6) is 0 Å². The summed E-state index contributed by atoms with van der Waals surface area (Å²) in [5.74, 6) is -1.31. The molecule has 0 radical (unpaired) electrons. The zero-order chi connectivity index (χ0) is 26.4. The Labute approximate surface area is 224 Å². The lowest BCUT2D eigenvalue weighted by atomic mass is 9.97. The second-order valence-corrected chi connectivity index (χ2v) is 9.77. The fraction of sp³-hybridized carbons (Fsp3) is 0.115. The zero-order valence-electron chi connectivity index (χ0n) is 19.3. The molecular formula is C26H21BrN4O5S. The Morgan fingerprint density at radius 1 is 1.00 bits per heavy atom. The molecule has 37 heavy (non-hydrogen) atoms. The highest BCUT2D eigenvalue weighted by Crippen LogP contribution is 2.32. The molecule has 1 amide bonds. The molecule has 0 aliphatic carbocycles. The summed E-state index contributed by atoms with van der Waals surface area (Å²) in [7, 11) is 0. The molecule has 1 aromatic heterocycles. The zero-order valence-corrected chi connectivity index (χ0v) is 21.7. The Hall–Kier alpha value is -4.09. The molecule has 1 unspecified atom stereocenters. The minimum absolute atomic E-state index is 0.0200. The SMILES string of the molecule is O=C(O)CCNC(=O)c1ccc(C(Nc2nc(-c3ccc([N+](=O)[O-])cc3)cs2)c2ccc(Br)cc2)cc1. The van der Waals surface area contributed by atoms with Crippen LogP contribution in [0.3, 0.4) is 0 Å². The van der Waals surface area contributed by atoms with Gasteiger partial charge in [0.1, 0.15) is 0 Å². The number of non-ortho nitro benzene ring substituents is 1. The Morgan fingerprint density at radius 2 is 1.62 bits per heavy atom. The number of hydrogen-bond acceptors (Lipinski definition) is 7. The standard InChI is InChI=1S/C26H21BrN4O5S/c27-20-9-5-18(6-10-20)24(17-1-3-19(4-2-17)25(34)28-14-13-23(32)33)30-26-29-22(15-37-26)16-7-11-21(12-8-16)31(35)36/h1-12,15,24H,13-14H2,(H,28,34)(H,29,30)(H,32,33). The first kappa shape index (κ1) is 26.0. The van der Waals surface area contributed by atoms with Crippen LogP contribution in [0.4, 0.5) is 10.8 Å². The molecule has 1 atom stereocenters. The van der Waals surface area contributed by atoms with Gasteiger partial charge in [-0.3, -0.25) is 19.7 Å². The molecule has 0 aliphatic rings. The van der Waals surface area contributed by atoms with E-state index >= 15 is 0 Å². The van der Waals surface area contributed by atoms with Crippen LogP contribution in [-0.4, -0.2) is 33.4 Å². The number of aliphatic carboxylic acids is 1. The third-order valence-electron chi connectivity index (χ3n) is 5.48. The van der Waals surface area contributed by atoms with E-state index in [2.05, 4.69) is 31.5 Å². The fourth-order valence-corrected chi connectivity index (χ4v) is 4.59. The van der Waals surface area contributed by atoms with E-state index in [0.717, 1.165) is 21.2 Å². The van der Waals surface area contributed by atoms with Crippen LogP contribution in [-0.2, 0) is 4.79 Å². The van der Waals surface area contributed by atoms with Crippen molar-refractivity contribution in [3.8, 4) is 11.3 Å². The normalized spacial score (nSPS) is 11.5. The van der Waals surface area contributed by atoms with Crippen LogP contribution in [0.2, 0.25) is 0 Å². The molecule has 3 aromatic carbocycles. The first-order valence-electron chi connectivity index (χ1n) is 11.1. The molecular weight excluding hydrogens is 560 g/mol. The lowest BCUT2D eigenvalue weighted by Gasteiger charge is -2.20. The summed E-state index contributed by atoms with van der Waals surface area (Å²) in [4.78, 5) is 38.2. The maximum absolute atomic E-state index is 12.3. The quantitative estimate of drug-likeness (QED) is 0.157. The van der Waals surface area contributed by atoms with Gasteiger partial charge < -0.3 is 15.7 Å². The molecule has 188 valence electrons. The number of nitro benzene ring substituents is 1. The monoisotopic (exact) mass is 580 g/mol. The number of benzene rings is 3. The largest absolute Gasteiger partial charge is 0.481 e. The van der Waals surface area contributed by atoms with Crippen LogP contribution in [0.25, 0.3) is 11.3 Å². The molecule has 9 nitrogen and oxygen atoms in total. The van der Waals surface area contributed by atoms with E-state index in [9.17, 15) is 19.7 Å². The van der Waals surface area contributed by atoms with E-state index in [1.807, 2.05) is 41.8 Å². The van der Waals surface area contributed by atoms with Crippen LogP contribution >= 0.6 is 27.3 Å². The molecule has 0 saturated carbocycles. The van der Waals surface area contributed by atoms with Crippen molar-refractivity contribution in [2.24, 2.45) is 0 Å². The summed E-state index contributed by atoms with van der Waals surface area (Å²) >= 11 is 4.88. The van der Waals surface area contributed by atoms with Gasteiger partial charge in [0.15, 0.2) is 5.13 Å². The van der Waals surface area contributed by atoms with Gasteiger partial charge >= 0.3 is 5.97 Å². The Kier molecular flexibility index (Phi) is 8.26. The van der Waals surface area contributed by atoms with Crippen LogP contribution in [0, 0.1) is 10.1 Å². The number of halogens is 1. The van der Waals surface area contributed by atoms with Gasteiger partial charge in [-0.1, -0.05) is 40.2 Å². The van der Waals surface area contributed by atoms with Crippen molar-refractivity contribution in [3.05, 3.63) is 109 Å². The number of carboxylic acid groups (broad SMARTS) is 1. The summed E-state index contributed by atoms with van der Waals surface area (Å²) < 4.78 is 0.943. The molecule has 0 saturated heterocycles. The highest BCUT2D eigenvalue weighted by molar-refractivity contribution is 9.10. The van der Waals surface area contributed by atoms with Crippen molar-refractivity contribution < 1.29 is 19.6 Å². The maximum Gasteiger partial charge on any atom is 0.305 e. The van der Waals surface area contributed by atoms with E-state index in [0.29, 0.717) is 16.4 Å². The predicted molar refractivity (Wildman–Crippen MR) is 145 cm³/mol. The average Bonchev–Trinajstić information content (AvgIpc) is 3.36. The van der Waals surface area contributed by atoms with E-state index in [1.54, 1.807) is 24.3 Å². The van der Waals surface area contributed by atoms with E-state index in [4.69, 9.17) is 5.11 Å². The van der Waals surface area contributed by atoms with Crippen LogP contribution < -0.4 is 10.6 Å². The number of rotatable bonds is 10. The number of carboxylic acids is 1. The first-order chi connectivity index (χ1) is 17.8. The van der Waals surface area contributed by atoms with Crippen molar-refractivity contribution in [1.82, 2.24) is 10.3 Å². The van der Waals surface area contributed by atoms with Crippen molar-refractivity contribution in [3.63, 3.8) is 0 Å². The first-order valence-corrected chi connectivity index (χ1v) is 12.8. The lowest BCUT2D eigenvalue weighted by molar-refractivity contribution is -0.384. The second-order valence-electron chi connectivity index (χ2n) is 7.99. The number of carbonyl (C=O) groups is 2. The number of nitrogens with zero attached hydrogens (tertiary/aromatic N) is 2. The van der Waals surface area contributed by atoms with Gasteiger partial charge in [-0.15, -0.1) is 11.3 Å². The minimum Gasteiger partial charge on any atom is -0.481 e. The molecule has 0 fully saturated rings. The highest BCUT2D eigenvalue weighted by atomic mass is 79.9. The molecule has 0 bridgehead atoms. The van der Waals surface area contributed by atoms with Gasteiger partial charge in [-0.2, -0.15) is 0 Å². The molecule has 3 N–H and O–H groups in total. The third-order valence-corrected chi connectivity index (χ3v) is 6.78. The van der Waals surface area contributed by atoms with E-state index in [1.165, 1.54) is 23.5 Å². The van der Waals surface area contributed by atoms with Gasteiger partial charge in [-0.05, 0) is 47.5 Å². The van der Waals surface area contributed by atoms with Crippen molar-refractivity contribution in [2.45, 2.75) is 12.5 Å². The topological polar surface area (TPSA) is 134 Å². The van der Waals surface area contributed by atoms with Crippen molar-refractivity contribution >= 4 is 50.0 Å². The Balaban J connectivity index is 1.55. The predicted octanol–water partition coefficient (Wildman–Crippen LogP) is 5.89. The van der Waals surface area contributed by atoms with Crippen LogP contribution in [0.15, 0.2) is 82.6 Å². The third kappa shape index (κ3) is 6.78. The van der Waals surface area contributed by atoms with Gasteiger partial charge in [0, 0.05) is 39.7 Å². The molecule has 1 heterocycles. The number of hydrogen-bond donors (Lipinski definition) is 3. The number of nitro groups is 1. The highest BCUT2D eigenvalue weighted by Gasteiger charge is 2.18. The molecule has 0 spiro atoms. The fourth-order valence-electron chi connectivity index (χ4n) is 3.58. The summed E-state index contributed by atoms with van der Waals surface area (Å²) in [5.41, 5.74) is 3.80. The smallest absolute Gasteiger partial charge is 0.305 e. The van der Waals surface area contributed by atoms with E-state index < -0.39 is 10.9 Å². The number of amides is 1. The number of anilines is 1. The summed E-state index contributed by atoms with van der Waals surface area (Å²) in [6.07, 6.45) is -0.144. The summed E-state index contributed by atoms with van der Waals surface area (Å²) in [6.45, 7) is 0.0557. The lowest BCUT2D eigenvalue weighted by Crippen LogP contribution is -2.26. The minimum atomic E-state index is -0.974. The summed E-state index contributed by atoms with van der Waals surface area (Å²) in [5, 5.41) is 28.3.